The zero-order valence-corrected chi connectivity index (χ0v) is 12.3. The van der Waals surface area contributed by atoms with Crippen molar-refractivity contribution < 1.29 is 8.42 Å². The third kappa shape index (κ3) is 4.83. The van der Waals surface area contributed by atoms with Crippen LogP contribution in [0.2, 0.25) is 0 Å². The third-order valence-corrected chi connectivity index (χ3v) is 5.91. The molecule has 0 radical (unpaired) electrons. The normalized spacial score (nSPS) is 17.1. The molecule has 0 aliphatic heterocycles. The number of sulfone groups is 1. The zero-order valence-electron chi connectivity index (χ0n) is 11.5. The Bertz CT molecular complexity index is 291. The highest BCUT2D eigenvalue weighted by molar-refractivity contribution is 7.92. The van der Waals surface area contributed by atoms with Crippen LogP contribution in [0.15, 0.2) is 0 Å². The van der Waals surface area contributed by atoms with Crippen LogP contribution < -0.4 is 5.32 Å². The van der Waals surface area contributed by atoms with Gasteiger partial charge in [0.05, 0.1) is 10.5 Å². The molecule has 3 nitrogen and oxygen atoms in total. The predicted molar refractivity (Wildman–Crippen MR) is 70.4 cm³/mol. The number of hydrogen-bond donors (Lipinski definition) is 1. The summed E-state index contributed by atoms with van der Waals surface area (Å²) in [5.41, 5.74) is 0. The van der Waals surface area contributed by atoms with Gasteiger partial charge in [0, 0.05) is 0 Å². The Labute approximate surface area is 101 Å². The second-order valence-corrected chi connectivity index (χ2v) is 8.59. The summed E-state index contributed by atoms with van der Waals surface area (Å²) in [7, 11) is -1.04. The summed E-state index contributed by atoms with van der Waals surface area (Å²) < 4.78 is 23.2. The molecule has 2 atom stereocenters. The topological polar surface area (TPSA) is 46.2 Å². The van der Waals surface area contributed by atoms with E-state index in [1.165, 1.54) is 0 Å². The van der Waals surface area contributed by atoms with Gasteiger partial charge in [-0.2, -0.15) is 0 Å². The highest BCUT2D eigenvalue weighted by Crippen LogP contribution is 2.21. The van der Waals surface area contributed by atoms with Crippen molar-refractivity contribution in [1.29, 1.82) is 0 Å². The van der Waals surface area contributed by atoms with E-state index in [4.69, 9.17) is 0 Å². The maximum Gasteiger partial charge on any atom is 0.155 e. The average molecular weight is 249 g/mol. The molecule has 0 saturated carbocycles. The van der Waals surface area contributed by atoms with Gasteiger partial charge in [-0.1, -0.05) is 13.8 Å². The largest absolute Gasteiger partial charge is 0.319 e. The van der Waals surface area contributed by atoms with Gasteiger partial charge in [-0.25, -0.2) is 8.42 Å². The Balaban J connectivity index is 4.26. The number of rotatable bonds is 6. The molecular formula is C12H27NO2S. The molecule has 0 aromatic heterocycles. The van der Waals surface area contributed by atoms with Crippen molar-refractivity contribution in [1.82, 2.24) is 5.32 Å². The fourth-order valence-electron chi connectivity index (χ4n) is 1.45. The van der Waals surface area contributed by atoms with E-state index >= 15 is 0 Å². The van der Waals surface area contributed by atoms with E-state index in [0.29, 0.717) is 17.6 Å². The Kier molecular flexibility index (Phi) is 5.98. The van der Waals surface area contributed by atoms with Crippen LogP contribution in [0.4, 0.5) is 0 Å². The molecule has 0 rings (SSSR count). The first-order valence-corrected chi connectivity index (χ1v) is 7.64. The van der Waals surface area contributed by atoms with Crippen LogP contribution in [0.25, 0.3) is 0 Å². The van der Waals surface area contributed by atoms with Gasteiger partial charge in [0.15, 0.2) is 9.84 Å². The summed E-state index contributed by atoms with van der Waals surface area (Å²) in [6.45, 7) is 10.5. The maximum absolute atomic E-state index is 11.9. The van der Waals surface area contributed by atoms with Crippen molar-refractivity contribution in [2.24, 2.45) is 11.8 Å². The van der Waals surface area contributed by atoms with Crippen LogP contribution in [0.1, 0.15) is 41.0 Å². The van der Waals surface area contributed by atoms with E-state index in [1.54, 1.807) is 20.8 Å². The van der Waals surface area contributed by atoms with Crippen molar-refractivity contribution >= 4 is 9.84 Å². The fourth-order valence-corrected chi connectivity index (χ4v) is 2.75. The maximum atomic E-state index is 11.9. The van der Waals surface area contributed by atoms with E-state index in [0.717, 1.165) is 13.0 Å². The molecule has 0 aliphatic carbocycles. The second-order valence-electron chi connectivity index (χ2n) is 5.73. The molecule has 4 heteroatoms. The summed E-state index contributed by atoms with van der Waals surface area (Å²) in [6, 6.07) is 0. The molecule has 0 spiro atoms. The quantitative estimate of drug-likeness (QED) is 0.784. The number of hydrogen-bond acceptors (Lipinski definition) is 3. The SMILES string of the molecule is CNCC(C)C(C)CCS(=O)(=O)C(C)(C)C. The van der Waals surface area contributed by atoms with Crippen molar-refractivity contribution in [2.45, 2.75) is 45.8 Å². The molecule has 16 heavy (non-hydrogen) atoms. The molecule has 1 N–H and O–H groups in total. The van der Waals surface area contributed by atoms with Crippen LogP contribution in [-0.4, -0.2) is 32.5 Å². The minimum Gasteiger partial charge on any atom is -0.319 e. The van der Waals surface area contributed by atoms with Crippen molar-refractivity contribution in [3.8, 4) is 0 Å². The molecule has 2 unspecified atom stereocenters. The van der Waals surface area contributed by atoms with Gasteiger partial charge in [0.1, 0.15) is 0 Å². The third-order valence-electron chi connectivity index (χ3n) is 3.27. The first kappa shape index (κ1) is 15.9. The first-order chi connectivity index (χ1) is 7.12. The molecule has 0 bridgehead atoms. The van der Waals surface area contributed by atoms with E-state index in [2.05, 4.69) is 19.2 Å². The zero-order chi connectivity index (χ0) is 13.0. The van der Waals surface area contributed by atoms with Gasteiger partial charge in [0.25, 0.3) is 0 Å². The van der Waals surface area contributed by atoms with Crippen molar-refractivity contribution in [3.05, 3.63) is 0 Å². The van der Waals surface area contributed by atoms with E-state index in [1.807, 2.05) is 7.05 Å². The highest BCUT2D eigenvalue weighted by Gasteiger charge is 2.29. The van der Waals surface area contributed by atoms with Crippen molar-refractivity contribution in [3.63, 3.8) is 0 Å². The summed E-state index contributed by atoms with van der Waals surface area (Å²) >= 11 is 0. The van der Waals surface area contributed by atoms with E-state index in [-0.39, 0.29) is 0 Å². The van der Waals surface area contributed by atoms with Crippen molar-refractivity contribution in [2.75, 3.05) is 19.3 Å². The summed E-state index contributed by atoms with van der Waals surface area (Å²) in [6.07, 6.45) is 0.752. The van der Waals surface area contributed by atoms with Crippen LogP contribution in [0.3, 0.4) is 0 Å². The van der Waals surface area contributed by atoms with Gasteiger partial charge < -0.3 is 5.32 Å². The number of nitrogens with one attached hydrogen (secondary N) is 1. The molecule has 0 heterocycles. The molecular weight excluding hydrogens is 222 g/mol. The first-order valence-electron chi connectivity index (χ1n) is 5.98. The predicted octanol–water partition coefficient (Wildman–Crippen LogP) is 2.08. The van der Waals surface area contributed by atoms with Crippen LogP contribution >= 0.6 is 0 Å². The minimum atomic E-state index is -2.96. The minimum absolute atomic E-state index is 0.297. The lowest BCUT2D eigenvalue weighted by molar-refractivity contribution is 0.366. The molecule has 0 saturated heterocycles. The molecule has 0 aromatic carbocycles. The standard InChI is InChI=1S/C12H27NO2S/c1-10(11(2)9-13-6)7-8-16(14,15)12(3,4)5/h10-11,13H,7-9H2,1-6H3. The molecule has 0 amide bonds. The molecule has 0 fully saturated rings. The lowest BCUT2D eigenvalue weighted by Crippen LogP contribution is -2.32. The molecule has 98 valence electrons. The smallest absolute Gasteiger partial charge is 0.155 e. The lowest BCUT2D eigenvalue weighted by Gasteiger charge is -2.23. The van der Waals surface area contributed by atoms with Crippen LogP contribution in [-0.2, 0) is 9.84 Å². The average Bonchev–Trinajstić information content (AvgIpc) is 2.12. The van der Waals surface area contributed by atoms with Crippen LogP contribution in [0, 0.1) is 11.8 Å². The van der Waals surface area contributed by atoms with E-state index in [9.17, 15) is 8.42 Å². The summed E-state index contributed by atoms with van der Waals surface area (Å²) in [5, 5.41) is 3.13. The Hall–Kier alpha value is -0.0900. The highest BCUT2D eigenvalue weighted by atomic mass is 32.2. The summed E-state index contributed by atoms with van der Waals surface area (Å²) in [4.78, 5) is 0. The Morgan fingerprint density at radius 3 is 2.00 bits per heavy atom. The summed E-state index contributed by atoms with van der Waals surface area (Å²) in [5.74, 6) is 1.25. The van der Waals surface area contributed by atoms with E-state index < -0.39 is 14.6 Å². The Morgan fingerprint density at radius 1 is 1.12 bits per heavy atom. The Morgan fingerprint density at radius 2 is 1.62 bits per heavy atom. The lowest BCUT2D eigenvalue weighted by atomic mass is 9.94. The van der Waals surface area contributed by atoms with Gasteiger partial charge in [-0.05, 0) is 52.6 Å². The van der Waals surface area contributed by atoms with Gasteiger partial charge in [0.2, 0.25) is 0 Å². The van der Waals surface area contributed by atoms with Gasteiger partial charge >= 0.3 is 0 Å². The van der Waals surface area contributed by atoms with Gasteiger partial charge in [-0.15, -0.1) is 0 Å². The monoisotopic (exact) mass is 249 g/mol. The van der Waals surface area contributed by atoms with Gasteiger partial charge in [-0.3, -0.25) is 0 Å². The second kappa shape index (κ2) is 6.01. The molecule has 0 aliphatic rings. The fraction of sp³-hybridized carbons (Fsp3) is 1.00. The van der Waals surface area contributed by atoms with Crippen LogP contribution in [0.5, 0.6) is 0 Å². The molecule has 0 aromatic rings.